The number of rotatable bonds is 5. The second kappa shape index (κ2) is 14.1. The number of sulfonamides is 1. The summed E-state index contributed by atoms with van der Waals surface area (Å²) < 4.78 is 23.6. The van der Waals surface area contributed by atoms with Crippen molar-refractivity contribution in [3.05, 3.63) is 30.2 Å². The summed E-state index contributed by atoms with van der Waals surface area (Å²) in [6, 6.07) is 7.15. The third-order valence-corrected chi connectivity index (χ3v) is 8.36. The number of aryl methyl sites for hydroxylation is 1. The molecule has 0 atom stereocenters. The average molecular weight is 506 g/mol. The first-order valence-electron chi connectivity index (χ1n) is 13.4. The summed E-state index contributed by atoms with van der Waals surface area (Å²) in [6.45, 7) is 18.6. The Kier molecular flexibility index (Phi) is 11.9. The van der Waals surface area contributed by atoms with Crippen molar-refractivity contribution >= 4 is 26.6 Å². The fourth-order valence-electron chi connectivity index (χ4n) is 4.91. The Hall–Kier alpha value is -1.77. The van der Waals surface area contributed by atoms with Gasteiger partial charge in [-0.15, -0.1) is 0 Å². The van der Waals surface area contributed by atoms with Crippen LogP contribution in [0.2, 0.25) is 0 Å². The van der Waals surface area contributed by atoms with Gasteiger partial charge in [0.2, 0.25) is 10.0 Å². The van der Waals surface area contributed by atoms with Crippen molar-refractivity contribution in [2.75, 3.05) is 50.4 Å². The molecule has 0 amide bonds. The van der Waals surface area contributed by atoms with Crippen LogP contribution in [0.25, 0.3) is 10.9 Å². The van der Waals surface area contributed by atoms with Gasteiger partial charge in [-0.1, -0.05) is 46.8 Å². The molecule has 2 aliphatic heterocycles. The average Bonchev–Trinajstić information content (AvgIpc) is 2.86. The Balaban J connectivity index is 0.000000280. The highest BCUT2D eigenvalue weighted by molar-refractivity contribution is 7.88. The van der Waals surface area contributed by atoms with E-state index >= 15 is 0 Å². The minimum absolute atomic E-state index is 0.688. The van der Waals surface area contributed by atoms with Crippen LogP contribution < -0.4 is 4.90 Å². The molecule has 0 bridgehead atoms. The highest BCUT2D eigenvalue weighted by atomic mass is 32.2. The lowest BCUT2D eigenvalue weighted by molar-refractivity contribution is 0.186. The lowest BCUT2D eigenvalue weighted by Gasteiger charge is -2.38. The lowest BCUT2D eigenvalue weighted by Crippen LogP contribution is -2.44. The Morgan fingerprint density at radius 2 is 1.60 bits per heavy atom. The Labute approximate surface area is 214 Å². The van der Waals surface area contributed by atoms with Crippen molar-refractivity contribution in [1.29, 1.82) is 0 Å². The summed E-state index contributed by atoms with van der Waals surface area (Å²) in [5.41, 5.74) is 2.36. The molecule has 4 rings (SSSR count). The van der Waals surface area contributed by atoms with Crippen molar-refractivity contribution in [3.63, 3.8) is 0 Å². The van der Waals surface area contributed by atoms with E-state index in [-0.39, 0.29) is 0 Å². The van der Waals surface area contributed by atoms with Crippen molar-refractivity contribution in [2.45, 2.75) is 73.3 Å². The van der Waals surface area contributed by atoms with E-state index in [0.717, 1.165) is 61.8 Å². The molecule has 0 N–H and O–H groups in total. The van der Waals surface area contributed by atoms with E-state index in [1.165, 1.54) is 24.8 Å². The molecule has 2 aliphatic rings. The van der Waals surface area contributed by atoms with Crippen molar-refractivity contribution in [2.24, 2.45) is 5.92 Å². The molecule has 7 nitrogen and oxygen atoms in total. The standard InChI is InChI=1S/C18H26N4.C7H15NO2S.C2H6/c1-4-21(5-2)16-9-11-22(12-10-16)17-8-6-7-15-13-19-14(3)20-18(15)17;1-7-3-5-8(6-4-7)11(2,9)10;1-2/h6-8,13,16H,4-5,9-12H2,1-3H3;7H,3-6H2,1-2H3;1-2H3. The summed E-state index contributed by atoms with van der Waals surface area (Å²) in [5.74, 6) is 1.53. The van der Waals surface area contributed by atoms with Crippen molar-refractivity contribution in [1.82, 2.24) is 19.2 Å². The molecule has 35 heavy (non-hydrogen) atoms. The topological polar surface area (TPSA) is 69.6 Å². The van der Waals surface area contributed by atoms with Gasteiger partial charge in [0, 0.05) is 43.8 Å². The summed E-state index contributed by atoms with van der Waals surface area (Å²) in [7, 11) is -2.92. The first-order chi connectivity index (χ1) is 16.7. The highest BCUT2D eigenvalue weighted by Crippen LogP contribution is 2.28. The maximum Gasteiger partial charge on any atom is 0.211 e. The SMILES string of the molecule is CC.CC1CCN(S(C)(=O)=O)CC1.CCN(CC)C1CCN(c2cccc3cnc(C)nc23)CC1. The third kappa shape index (κ3) is 8.40. The predicted molar refractivity (Wildman–Crippen MR) is 149 cm³/mol. The number of nitrogens with zero attached hydrogens (tertiary/aromatic N) is 5. The minimum Gasteiger partial charge on any atom is -0.370 e. The van der Waals surface area contributed by atoms with Crippen molar-refractivity contribution < 1.29 is 8.42 Å². The van der Waals surface area contributed by atoms with Gasteiger partial charge < -0.3 is 9.80 Å². The lowest BCUT2D eigenvalue weighted by atomic mass is 10.0. The summed E-state index contributed by atoms with van der Waals surface area (Å²) in [6.07, 6.45) is 7.71. The molecule has 2 fully saturated rings. The van der Waals surface area contributed by atoms with Gasteiger partial charge in [0.1, 0.15) is 5.82 Å². The van der Waals surface area contributed by atoms with Gasteiger partial charge in [-0.3, -0.25) is 0 Å². The zero-order valence-electron chi connectivity index (χ0n) is 23.0. The van der Waals surface area contributed by atoms with Gasteiger partial charge in [0.25, 0.3) is 0 Å². The van der Waals surface area contributed by atoms with Gasteiger partial charge in [-0.05, 0) is 57.7 Å². The van der Waals surface area contributed by atoms with E-state index in [1.54, 1.807) is 4.31 Å². The highest BCUT2D eigenvalue weighted by Gasteiger charge is 2.24. The third-order valence-electron chi connectivity index (χ3n) is 7.06. The molecule has 198 valence electrons. The molecule has 0 unspecified atom stereocenters. The summed E-state index contributed by atoms with van der Waals surface area (Å²) >= 11 is 0. The fraction of sp³-hybridized carbons (Fsp3) is 0.704. The number of fused-ring (bicyclic) bond motifs is 1. The van der Waals surface area contributed by atoms with Crippen LogP contribution in [-0.2, 0) is 10.0 Å². The monoisotopic (exact) mass is 505 g/mol. The largest absolute Gasteiger partial charge is 0.370 e. The summed E-state index contributed by atoms with van der Waals surface area (Å²) in [5, 5.41) is 1.13. The second-order valence-electron chi connectivity index (χ2n) is 9.42. The number of hydrogen-bond donors (Lipinski definition) is 0. The Morgan fingerprint density at radius 3 is 2.14 bits per heavy atom. The van der Waals surface area contributed by atoms with Crippen LogP contribution in [0.3, 0.4) is 0 Å². The normalized spacial score (nSPS) is 18.1. The van der Waals surface area contributed by atoms with Crippen LogP contribution in [0.15, 0.2) is 24.4 Å². The number of aromatic nitrogens is 2. The van der Waals surface area contributed by atoms with Crippen LogP contribution >= 0.6 is 0 Å². The predicted octanol–water partition coefficient (Wildman–Crippen LogP) is 4.95. The van der Waals surface area contributed by atoms with E-state index in [9.17, 15) is 8.42 Å². The van der Waals surface area contributed by atoms with Crippen molar-refractivity contribution in [3.8, 4) is 0 Å². The molecule has 1 aromatic carbocycles. The van der Waals surface area contributed by atoms with E-state index in [4.69, 9.17) is 0 Å². The number of hydrogen-bond acceptors (Lipinski definition) is 6. The van der Waals surface area contributed by atoms with Gasteiger partial charge >= 0.3 is 0 Å². The molecule has 2 aromatic rings. The van der Waals surface area contributed by atoms with E-state index < -0.39 is 10.0 Å². The fourth-order valence-corrected chi connectivity index (χ4v) is 5.79. The van der Waals surface area contributed by atoms with E-state index in [0.29, 0.717) is 19.0 Å². The quantitative estimate of drug-likeness (QED) is 0.572. The molecular formula is C27H47N5O2S. The van der Waals surface area contributed by atoms with Gasteiger partial charge in [0.15, 0.2) is 0 Å². The molecule has 0 aliphatic carbocycles. The number of para-hydroxylation sites is 1. The summed E-state index contributed by atoms with van der Waals surface area (Å²) in [4.78, 5) is 14.1. The molecule has 0 spiro atoms. The second-order valence-corrected chi connectivity index (χ2v) is 11.4. The molecule has 0 radical (unpaired) electrons. The molecule has 2 saturated heterocycles. The molecule has 8 heteroatoms. The number of benzene rings is 1. The Morgan fingerprint density at radius 1 is 1.00 bits per heavy atom. The zero-order valence-corrected chi connectivity index (χ0v) is 23.8. The first kappa shape index (κ1) is 29.5. The maximum absolute atomic E-state index is 11.0. The van der Waals surface area contributed by atoms with E-state index in [2.05, 4.69) is 58.7 Å². The van der Waals surface area contributed by atoms with Crippen LogP contribution in [0, 0.1) is 12.8 Å². The van der Waals surface area contributed by atoms with E-state index in [1.807, 2.05) is 27.0 Å². The van der Waals surface area contributed by atoms with Gasteiger partial charge in [0.05, 0.1) is 17.5 Å². The van der Waals surface area contributed by atoms with Crippen LogP contribution in [0.5, 0.6) is 0 Å². The smallest absolute Gasteiger partial charge is 0.211 e. The maximum atomic E-state index is 11.0. The molecular weight excluding hydrogens is 458 g/mol. The number of anilines is 1. The molecule has 3 heterocycles. The minimum atomic E-state index is -2.92. The van der Waals surface area contributed by atoms with Crippen LogP contribution in [-0.4, -0.2) is 79.2 Å². The first-order valence-corrected chi connectivity index (χ1v) is 15.2. The molecule has 0 saturated carbocycles. The van der Waals surface area contributed by atoms with Crippen LogP contribution in [0.1, 0.15) is 66.1 Å². The number of piperidine rings is 2. The Bertz CT molecular complexity index is 994. The van der Waals surface area contributed by atoms with Gasteiger partial charge in [-0.2, -0.15) is 0 Å². The van der Waals surface area contributed by atoms with Gasteiger partial charge in [-0.25, -0.2) is 22.7 Å². The molecule has 1 aromatic heterocycles. The van der Waals surface area contributed by atoms with Crippen LogP contribution in [0.4, 0.5) is 5.69 Å². The zero-order chi connectivity index (χ0) is 26.0.